The van der Waals surface area contributed by atoms with Crippen molar-refractivity contribution >= 4 is 5.91 Å². The number of likely N-dealkylation sites (N-methyl/N-ethyl adjacent to an activating group) is 1. The maximum atomic E-state index is 13.8. The third-order valence-electron chi connectivity index (χ3n) is 7.75. The van der Waals surface area contributed by atoms with Gasteiger partial charge in [-0.3, -0.25) is 14.6 Å². The summed E-state index contributed by atoms with van der Waals surface area (Å²) in [4.78, 5) is 20.5. The van der Waals surface area contributed by atoms with E-state index in [1.807, 2.05) is 11.0 Å². The number of nitrogens with zero attached hydrogens (tertiary/aromatic N) is 3. The van der Waals surface area contributed by atoms with Crippen molar-refractivity contribution in [3.8, 4) is 0 Å². The molecule has 2 heterocycles. The highest BCUT2D eigenvalue weighted by Gasteiger charge is 2.42. The number of hydrogen-bond donors (Lipinski definition) is 0. The molecule has 0 bridgehead atoms. The van der Waals surface area contributed by atoms with Crippen LogP contribution < -0.4 is 0 Å². The SMILES string of the molecule is CCN1CC[C@@H](c2ccccc2)[C@H]1C(=O)N1CCN(C(c2ccc(F)cc2)c2ccc(F)cc2)CC1. The first-order valence-electron chi connectivity index (χ1n) is 12.9. The van der Waals surface area contributed by atoms with Gasteiger partial charge in [-0.2, -0.15) is 0 Å². The van der Waals surface area contributed by atoms with Crippen molar-refractivity contribution in [3.63, 3.8) is 0 Å². The third kappa shape index (κ3) is 5.06. The predicted octanol–water partition coefficient (Wildman–Crippen LogP) is 5.08. The highest BCUT2D eigenvalue weighted by molar-refractivity contribution is 5.83. The Morgan fingerprint density at radius 2 is 1.36 bits per heavy atom. The van der Waals surface area contributed by atoms with E-state index in [0.717, 1.165) is 30.6 Å². The molecule has 4 nitrogen and oxygen atoms in total. The Labute approximate surface area is 212 Å². The zero-order valence-electron chi connectivity index (χ0n) is 20.7. The van der Waals surface area contributed by atoms with Gasteiger partial charge in [0.05, 0.1) is 12.1 Å². The number of halogens is 2. The van der Waals surface area contributed by atoms with Gasteiger partial charge >= 0.3 is 0 Å². The minimum Gasteiger partial charge on any atom is -0.339 e. The Kier molecular flexibility index (Phi) is 7.44. The molecule has 5 rings (SSSR count). The van der Waals surface area contributed by atoms with E-state index in [9.17, 15) is 13.6 Å². The Morgan fingerprint density at radius 3 is 1.89 bits per heavy atom. The van der Waals surface area contributed by atoms with Crippen molar-refractivity contribution in [2.24, 2.45) is 0 Å². The average Bonchev–Trinajstić information content (AvgIpc) is 3.36. The lowest BCUT2D eigenvalue weighted by Gasteiger charge is -2.41. The van der Waals surface area contributed by atoms with Gasteiger partial charge in [-0.05, 0) is 60.5 Å². The minimum absolute atomic E-state index is 0.126. The summed E-state index contributed by atoms with van der Waals surface area (Å²) >= 11 is 0. The summed E-state index contributed by atoms with van der Waals surface area (Å²) in [7, 11) is 0. The van der Waals surface area contributed by atoms with Crippen molar-refractivity contribution in [2.75, 3.05) is 39.3 Å². The summed E-state index contributed by atoms with van der Waals surface area (Å²) < 4.78 is 27.3. The second-order valence-corrected chi connectivity index (χ2v) is 9.75. The maximum absolute atomic E-state index is 13.8. The molecule has 1 amide bonds. The van der Waals surface area contributed by atoms with Crippen molar-refractivity contribution in [1.82, 2.24) is 14.7 Å². The van der Waals surface area contributed by atoms with Crippen LogP contribution in [0.4, 0.5) is 8.78 Å². The maximum Gasteiger partial charge on any atom is 0.240 e. The average molecular weight is 490 g/mol. The number of benzene rings is 3. The molecule has 0 aromatic heterocycles. The zero-order chi connectivity index (χ0) is 25.1. The quantitative estimate of drug-likeness (QED) is 0.483. The van der Waals surface area contributed by atoms with Crippen LogP contribution in [0.1, 0.15) is 42.0 Å². The molecule has 2 aliphatic heterocycles. The molecule has 0 unspecified atom stereocenters. The van der Waals surface area contributed by atoms with E-state index in [1.54, 1.807) is 24.3 Å². The van der Waals surface area contributed by atoms with Crippen LogP contribution in [0.3, 0.4) is 0 Å². The number of likely N-dealkylation sites (tertiary alicyclic amines) is 1. The molecule has 3 aromatic rings. The first-order chi connectivity index (χ1) is 17.5. The smallest absolute Gasteiger partial charge is 0.240 e. The van der Waals surface area contributed by atoms with Gasteiger partial charge in [0.25, 0.3) is 0 Å². The minimum atomic E-state index is -0.281. The Morgan fingerprint density at radius 1 is 0.806 bits per heavy atom. The van der Waals surface area contributed by atoms with Gasteiger partial charge in [-0.25, -0.2) is 8.78 Å². The van der Waals surface area contributed by atoms with E-state index in [2.05, 4.69) is 41.0 Å². The van der Waals surface area contributed by atoms with Crippen LogP contribution in [0.5, 0.6) is 0 Å². The molecule has 2 aliphatic rings. The monoisotopic (exact) mass is 489 g/mol. The second kappa shape index (κ2) is 10.9. The molecule has 36 heavy (non-hydrogen) atoms. The number of rotatable bonds is 6. The summed E-state index contributed by atoms with van der Waals surface area (Å²) in [5.74, 6) is -0.139. The molecule has 0 aliphatic carbocycles. The lowest BCUT2D eigenvalue weighted by atomic mass is 9.90. The molecule has 0 spiro atoms. The fraction of sp³-hybridized carbons (Fsp3) is 0.367. The van der Waals surface area contributed by atoms with E-state index in [-0.39, 0.29) is 35.5 Å². The van der Waals surface area contributed by atoms with Gasteiger partial charge in [0, 0.05) is 32.1 Å². The highest BCUT2D eigenvalue weighted by Crippen LogP contribution is 2.35. The van der Waals surface area contributed by atoms with E-state index in [0.29, 0.717) is 26.2 Å². The van der Waals surface area contributed by atoms with Crippen LogP contribution in [0.2, 0.25) is 0 Å². The van der Waals surface area contributed by atoms with Crippen molar-refractivity contribution in [2.45, 2.75) is 31.3 Å². The molecule has 188 valence electrons. The number of amides is 1. The van der Waals surface area contributed by atoms with Gasteiger partial charge in [0.1, 0.15) is 11.6 Å². The number of piperazine rings is 1. The molecule has 2 fully saturated rings. The normalized spacial score (nSPS) is 21.3. The molecular formula is C30H33F2N3O. The van der Waals surface area contributed by atoms with E-state index in [4.69, 9.17) is 0 Å². The molecule has 3 aromatic carbocycles. The van der Waals surface area contributed by atoms with Crippen molar-refractivity contribution in [1.29, 1.82) is 0 Å². The molecule has 6 heteroatoms. The lowest BCUT2D eigenvalue weighted by molar-refractivity contribution is -0.138. The molecule has 0 N–H and O–H groups in total. The first-order valence-corrected chi connectivity index (χ1v) is 12.9. The predicted molar refractivity (Wildman–Crippen MR) is 138 cm³/mol. The standard InChI is InChI=1S/C30H33F2N3O/c1-2-33-17-16-27(22-6-4-3-5-7-22)29(33)30(36)35-20-18-34(19-21-35)28(23-8-12-25(31)13-9-23)24-10-14-26(32)15-11-24/h3-15,27-29H,2,16-21H2,1H3/t27-,29-/m0/s1. The van der Waals surface area contributed by atoms with Gasteiger partial charge < -0.3 is 4.90 Å². The van der Waals surface area contributed by atoms with Gasteiger partial charge in [0.2, 0.25) is 5.91 Å². The third-order valence-corrected chi connectivity index (χ3v) is 7.75. The van der Waals surface area contributed by atoms with Crippen molar-refractivity contribution in [3.05, 3.63) is 107 Å². The van der Waals surface area contributed by atoms with Gasteiger partial charge in [-0.15, -0.1) is 0 Å². The fourth-order valence-corrected chi connectivity index (χ4v) is 5.88. The molecule has 0 saturated carbocycles. The number of carbonyl (C=O) groups excluding carboxylic acids is 1. The molecule has 2 saturated heterocycles. The van der Waals surface area contributed by atoms with Gasteiger partial charge in [0.15, 0.2) is 0 Å². The largest absolute Gasteiger partial charge is 0.339 e. The van der Waals surface area contributed by atoms with Crippen LogP contribution >= 0.6 is 0 Å². The van der Waals surface area contributed by atoms with Crippen molar-refractivity contribution < 1.29 is 13.6 Å². The number of carbonyl (C=O) groups is 1. The fourth-order valence-electron chi connectivity index (χ4n) is 5.88. The van der Waals surface area contributed by atoms with Gasteiger partial charge in [-0.1, -0.05) is 61.5 Å². The summed E-state index contributed by atoms with van der Waals surface area (Å²) in [6.07, 6.45) is 0.992. The molecule has 2 atom stereocenters. The lowest BCUT2D eigenvalue weighted by Crippen LogP contribution is -2.55. The van der Waals surface area contributed by atoms with Crippen LogP contribution in [-0.4, -0.2) is 65.9 Å². The van der Waals surface area contributed by atoms with Crippen LogP contribution in [-0.2, 0) is 4.79 Å². The summed E-state index contributed by atoms with van der Waals surface area (Å²) in [6, 6.07) is 23.2. The molecular weight excluding hydrogens is 456 g/mol. The second-order valence-electron chi connectivity index (χ2n) is 9.75. The Balaban J connectivity index is 1.33. The highest BCUT2D eigenvalue weighted by atomic mass is 19.1. The Hall–Kier alpha value is -3.09. The summed E-state index contributed by atoms with van der Waals surface area (Å²) in [5, 5.41) is 0. The van der Waals surface area contributed by atoms with Crippen LogP contribution in [0.25, 0.3) is 0 Å². The van der Waals surface area contributed by atoms with E-state index in [1.165, 1.54) is 29.8 Å². The number of hydrogen-bond acceptors (Lipinski definition) is 3. The van der Waals surface area contributed by atoms with E-state index < -0.39 is 0 Å². The zero-order valence-corrected chi connectivity index (χ0v) is 20.7. The topological polar surface area (TPSA) is 26.8 Å². The Bertz CT molecular complexity index is 1100. The van der Waals surface area contributed by atoms with Crippen LogP contribution in [0, 0.1) is 11.6 Å². The van der Waals surface area contributed by atoms with E-state index >= 15 is 0 Å². The molecule has 0 radical (unpaired) electrons. The first kappa shape index (κ1) is 24.6. The summed E-state index contributed by atoms with van der Waals surface area (Å²) in [5.41, 5.74) is 3.15. The summed E-state index contributed by atoms with van der Waals surface area (Å²) in [6.45, 7) is 6.57. The van der Waals surface area contributed by atoms with Crippen LogP contribution in [0.15, 0.2) is 78.9 Å².